The molecule has 2 unspecified atom stereocenters. The van der Waals surface area contributed by atoms with Crippen LogP contribution in [-0.2, 0) is 15.7 Å². The monoisotopic (exact) mass is 277 g/mol. The van der Waals surface area contributed by atoms with Crippen LogP contribution in [0.5, 0.6) is 0 Å². The zero-order valence-electron chi connectivity index (χ0n) is 10.5. The highest BCUT2D eigenvalue weighted by Crippen LogP contribution is 2.34. The molecule has 2 heterocycles. The molecule has 0 radical (unpaired) electrons. The number of rotatable bonds is 2. The van der Waals surface area contributed by atoms with Crippen molar-refractivity contribution in [3.8, 4) is 0 Å². The van der Waals surface area contributed by atoms with E-state index in [0.717, 1.165) is 6.20 Å². The quantitative estimate of drug-likeness (QED) is 0.841. The fraction of sp³-hybridized carbons (Fsp3) is 0.636. The molecule has 0 bridgehead atoms. The Labute approximate surface area is 107 Å². The molecule has 2 rings (SSSR count). The molecular weight excluding hydrogens is 263 g/mol. The van der Waals surface area contributed by atoms with Crippen LogP contribution in [0.15, 0.2) is 6.20 Å². The van der Waals surface area contributed by atoms with E-state index in [0.29, 0.717) is 0 Å². The number of nitrogens with one attached hydrogen (secondary N) is 1. The van der Waals surface area contributed by atoms with Crippen molar-refractivity contribution < 1.29 is 22.7 Å². The normalized spacial score (nSPS) is 22.6. The number of hydrogen-bond acceptors (Lipinski definition) is 4. The molecule has 0 saturated carbocycles. The van der Waals surface area contributed by atoms with Crippen LogP contribution >= 0.6 is 0 Å². The highest BCUT2D eigenvalue weighted by Gasteiger charge is 2.39. The van der Waals surface area contributed by atoms with Crippen LogP contribution in [0.25, 0.3) is 0 Å². The molecule has 1 aromatic rings. The number of imidazole rings is 1. The Hall–Kier alpha value is -1.73. The number of carbonyl (C=O) groups excluding carboxylic acids is 1. The Bertz CT molecular complexity index is 484. The molecule has 0 aromatic carbocycles. The Balaban J connectivity index is 2.26. The molecular formula is C11H14F3N3O2. The highest BCUT2D eigenvalue weighted by atomic mass is 19.4. The minimum Gasteiger partial charge on any atom is -0.466 e. The van der Waals surface area contributed by atoms with Crippen molar-refractivity contribution in [2.24, 2.45) is 5.92 Å². The van der Waals surface area contributed by atoms with Crippen molar-refractivity contribution in [1.29, 1.82) is 0 Å². The largest absolute Gasteiger partial charge is 0.466 e. The fourth-order valence-corrected chi connectivity index (χ4v) is 2.07. The molecule has 1 aliphatic heterocycles. The molecule has 0 saturated heterocycles. The third-order valence-electron chi connectivity index (χ3n) is 3.11. The van der Waals surface area contributed by atoms with Crippen LogP contribution in [-0.4, -0.2) is 28.7 Å². The molecule has 1 N–H and O–H groups in total. The van der Waals surface area contributed by atoms with Crippen LogP contribution in [0.3, 0.4) is 0 Å². The summed E-state index contributed by atoms with van der Waals surface area (Å²) in [6, 6.07) is -0.432. The van der Waals surface area contributed by atoms with Gasteiger partial charge < -0.3 is 14.6 Å². The predicted molar refractivity (Wildman–Crippen MR) is 60.6 cm³/mol. The Morgan fingerprint density at radius 3 is 2.89 bits per heavy atom. The van der Waals surface area contributed by atoms with E-state index in [1.54, 1.807) is 13.8 Å². The first-order chi connectivity index (χ1) is 8.84. The van der Waals surface area contributed by atoms with E-state index in [-0.39, 0.29) is 19.1 Å². The zero-order valence-corrected chi connectivity index (χ0v) is 10.5. The van der Waals surface area contributed by atoms with Crippen molar-refractivity contribution in [3.05, 3.63) is 11.9 Å². The number of halogens is 3. The lowest BCUT2D eigenvalue weighted by Crippen LogP contribution is -2.37. The summed E-state index contributed by atoms with van der Waals surface area (Å²) in [5, 5.41) is 2.73. The van der Waals surface area contributed by atoms with Gasteiger partial charge in [-0.15, -0.1) is 0 Å². The summed E-state index contributed by atoms with van der Waals surface area (Å²) in [5.41, 5.74) is -0.966. The number of esters is 1. The van der Waals surface area contributed by atoms with E-state index in [2.05, 4.69) is 10.3 Å². The molecule has 0 amide bonds. The molecule has 8 heteroatoms. The first-order valence-electron chi connectivity index (χ1n) is 5.91. The van der Waals surface area contributed by atoms with E-state index < -0.39 is 29.8 Å². The van der Waals surface area contributed by atoms with Crippen LogP contribution < -0.4 is 5.32 Å². The molecule has 0 spiro atoms. The van der Waals surface area contributed by atoms with Gasteiger partial charge in [-0.25, -0.2) is 4.98 Å². The van der Waals surface area contributed by atoms with Gasteiger partial charge >= 0.3 is 12.1 Å². The van der Waals surface area contributed by atoms with Crippen molar-refractivity contribution in [2.45, 2.75) is 26.1 Å². The number of ether oxygens (including phenoxy) is 1. The summed E-state index contributed by atoms with van der Waals surface area (Å²) in [6.07, 6.45) is -3.58. The van der Waals surface area contributed by atoms with Gasteiger partial charge in [0.2, 0.25) is 5.95 Å². The van der Waals surface area contributed by atoms with Crippen molar-refractivity contribution in [2.75, 3.05) is 18.5 Å². The standard InChI is InChI=1S/C11H14F3N3O2/c1-3-19-9(18)7-4-15-10-16-8(11(12,13)14)5-17(10)6(7)2/h5-7H,3-4H2,1-2H3,(H,15,16). The van der Waals surface area contributed by atoms with Gasteiger partial charge in [0.15, 0.2) is 5.69 Å². The SMILES string of the molecule is CCOC(=O)C1CNc2nc(C(F)(F)F)cn2C1C. The van der Waals surface area contributed by atoms with E-state index in [9.17, 15) is 18.0 Å². The van der Waals surface area contributed by atoms with Crippen LogP contribution in [0.2, 0.25) is 0 Å². The van der Waals surface area contributed by atoms with Crippen molar-refractivity contribution >= 4 is 11.9 Å². The molecule has 2 atom stereocenters. The van der Waals surface area contributed by atoms with Gasteiger partial charge in [0.1, 0.15) is 0 Å². The number of aromatic nitrogens is 2. The van der Waals surface area contributed by atoms with Gasteiger partial charge in [-0.2, -0.15) is 13.2 Å². The Morgan fingerprint density at radius 2 is 2.32 bits per heavy atom. The van der Waals surface area contributed by atoms with Crippen LogP contribution in [0.4, 0.5) is 19.1 Å². The van der Waals surface area contributed by atoms with Crippen LogP contribution in [0.1, 0.15) is 25.6 Å². The predicted octanol–water partition coefficient (Wildman–Crippen LogP) is 2.07. The second kappa shape index (κ2) is 4.75. The minimum atomic E-state index is -4.49. The lowest BCUT2D eigenvalue weighted by Gasteiger charge is -2.29. The van der Waals surface area contributed by atoms with E-state index in [1.165, 1.54) is 4.57 Å². The van der Waals surface area contributed by atoms with Gasteiger partial charge in [-0.05, 0) is 13.8 Å². The van der Waals surface area contributed by atoms with Crippen LogP contribution in [0, 0.1) is 5.92 Å². The van der Waals surface area contributed by atoms with Crippen molar-refractivity contribution in [3.63, 3.8) is 0 Å². The van der Waals surface area contributed by atoms with E-state index in [4.69, 9.17) is 4.74 Å². The summed E-state index contributed by atoms with van der Waals surface area (Å²) < 4.78 is 44.0. The smallest absolute Gasteiger partial charge is 0.434 e. The summed E-state index contributed by atoms with van der Waals surface area (Å²) in [5.74, 6) is -0.821. The second-order valence-electron chi connectivity index (χ2n) is 4.33. The summed E-state index contributed by atoms with van der Waals surface area (Å²) in [4.78, 5) is 15.2. The molecule has 0 aliphatic carbocycles. The number of anilines is 1. The topological polar surface area (TPSA) is 56.1 Å². The average molecular weight is 277 g/mol. The molecule has 19 heavy (non-hydrogen) atoms. The maximum atomic E-state index is 12.6. The number of alkyl halides is 3. The summed E-state index contributed by atoms with van der Waals surface area (Å²) >= 11 is 0. The number of carbonyl (C=O) groups is 1. The molecule has 0 fully saturated rings. The Morgan fingerprint density at radius 1 is 1.63 bits per heavy atom. The molecule has 1 aliphatic rings. The maximum Gasteiger partial charge on any atom is 0.434 e. The lowest BCUT2D eigenvalue weighted by atomic mass is 10.00. The van der Waals surface area contributed by atoms with E-state index in [1.807, 2.05) is 0 Å². The molecule has 106 valence electrons. The second-order valence-corrected chi connectivity index (χ2v) is 4.33. The number of hydrogen-bond donors (Lipinski definition) is 1. The third-order valence-corrected chi connectivity index (χ3v) is 3.11. The zero-order chi connectivity index (χ0) is 14.2. The van der Waals surface area contributed by atoms with E-state index >= 15 is 0 Å². The number of nitrogens with zero attached hydrogens (tertiary/aromatic N) is 2. The van der Waals surface area contributed by atoms with Gasteiger partial charge in [0.25, 0.3) is 0 Å². The lowest BCUT2D eigenvalue weighted by molar-refractivity contribution is -0.149. The van der Waals surface area contributed by atoms with Gasteiger partial charge in [0, 0.05) is 18.8 Å². The number of fused-ring (bicyclic) bond motifs is 1. The average Bonchev–Trinajstić information content (AvgIpc) is 2.74. The molecule has 1 aromatic heterocycles. The summed E-state index contributed by atoms with van der Waals surface area (Å²) in [6.45, 7) is 3.82. The fourth-order valence-electron chi connectivity index (χ4n) is 2.07. The highest BCUT2D eigenvalue weighted by molar-refractivity contribution is 5.74. The maximum absolute atomic E-state index is 12.6. The van der Waals surface area contributed by atoms with Gasteiger partial charge in [-0.3, -0.25) is 4.79 Å². The third kappa shape index (κ3) is 2.52. The van der Waals surface area contributed by atoms with Crippen molar-refractivity contribution in [1.82, 2.24) is 9.55 Å². The molecule has 5 nitrogen and oxygen atoms in total. The Kier molecular flexibility index (Phi) is 3.42. The van der Waals surface area contributed by atoms with Gasteiger partial charge in [0.05, 0.1) is 12.5 Å². The summed E-state index contributed by atoms with van der Waals surface area (Å²) in [7, 11) is 0. The minimum absolute atomic E-state index is 0.125. The van der Waals surface area contributed by atoms with Gasteiger partial charge in [-0.1, -0.05) is 0 Å². The first kappa shape index (κ1) is 13.7. The first-order valence-corrected chi connectivity index (χ1v) is 5.91.